The predicted molar refractivity (Wildman–Crippen MR) is 68.7 cm³/mol. The van der Waals surface area contributed by atoms with E-state index in [1.54, 1.807) is 6.07 Å². The molecular weight excluding hydrogens is 240 g/mol. The maximum Gasteiger partial charge on any atom is 0.289 e. The zero-order chi connectivity index (χ0) is 11.5. The number of aryl methyl sites for hydroxylation is 1. The highest BCUT2D eigenvalue weighted by Gasteiger charge is 2.30. The first kappa shape index (κ1) is 14.1. The molecule has 96 valence electrons. The summed E-state index contributed by atoms with van der Waals surface area (Å²) in [6, 6.07) is 3.89. The van der Waals surface area contributed by atoms with Crippen molar-refractivity contribution in [1.29, 1.82) is 0 Å². The summed E-state index contributed by atoms with van der Waals surface area (Å²) in [4.78, 5) is 14.1. The third-order valence-electron chi connectivity index (χ3n) is 3.03. The third kappa shape index (κ3) is 3.01. The van der Waals surface area contributed by atoms with E-state index in [9.17, 15) is 4.79 Å². The minimum atomic E-state index is 0. The first-order valence-corrected chi connectivity index (χ1v) is 5.74. The molecule has 0 aromatic carbocycles. The van der Waals surface area contributed by atoms with Crippen LogP contribution in [-0.4, -0.2) is 37.0 Å². The van der Waals surface area contributed by atoms with Gasteiger partial charge in [0.15, 0.2) is 5.76 Å². The number of hydrogen-bond donors (Lipinski definition) is 1. The first-order valence-electron chi connectivity index (χ1n) is 5.74. The molecule has 1 aliphatic rings. The summed E-state index contributed by atoms with van der Waals surface area (Å²) >= 11 is 0. The van der Waals surface area contributed by atoms with Crippen molar-refractivity contribution in [1.82, 2.24) is 10.2 Å². The standard InChI is InChI=1S/C12H18N2O2.ClH/c1-9-5-6-11(16-9)12(15)14-7-3-4-10(14)8-13-2;/h5-6,10,13H,3-4,7-8H2,1-2H3;1H. The van der Waals surface area contributed by atoms with E-state index in [2.05, 4.69) is 5.32 Å². The SMILES string of the molecule is CNCC1CCCN1C(=O)c1ccc(C)o1.Cl. The van der Waals surface area contributed by atoms with Gasteiger partial charge in [0.25, 0.3) is 5.91 Å². The number of carbonyl (C=O) groups is 1. The Balaban J connectivity index is 0.00000144. The molecule has 2 rings (SSSR count). The number of halogens is 1. The van der Waals surface area contributed by atoms with Crippen LogP contribution in [0.1, 0.15) is 29.2 Å². The Hall–Kier alpha value is -1.00. The molecule has 17 heavy (non-hydrogen) atoms. The van der Waals surface area contributed by atoms with E-state index in [0.29, 0.717) is 11.8 Å². The largest absolute Gasteiger partial charge is 0.456 e. The van der Waals surface area contributed by atoms with Crippen LogP contribution >= 0.6 is 12.4 Å². The van der Waals surface area contributed by atoms with Crippen molar-refractivity contribution in [2.75, 3.05) is 20.1 Å². The van der Waals surface area contributed by atoms with Crippen LogP contribution in [-0.2, 0) is 0 Å². The maximum absolute atomic E-state index is 12.1. The highest BCUT2D eigenvalue weighted by molar-refractivity contribution is 5.92. The summed E-state index contributed by atoms with van der Waals surface area (Å²) in [5, 5.41) is 3.13. The molecule has 0 radical (unpaired) electrons. The predicted octanol–water partition coefficient (Wildman–Crippen LogP) is 1.83. The van der Waals surface area contributed by atoms with Crippen molar-refractivity contribution < 1.29 is 9.21 Å². The van der Waals surface area contributed by atoms with E-state index in [0.717, 1.165) is 31.7 Å². The molecule has 0 aliphatic carbocycles. The average molecular weight is 259 g/mol. The lowest BCUT2D eigenvalue weighted by atomic mass is 10.2. The molecule has 1 aromatic rings. The fraction of sp³-hybridized carbons (Fsp3) is 0.583. The molecule has 1 atom stereocenters. The van der Waals surface area contributed by atoms with Crippen molar-refractivity contribution in [3.63, 3.8) is 0 Å². The highest BCUT2D eigenvalue weighted by Crippen LogP contribution is 2.20. The minimum Gasteiger partial charge on any atom is -0.456 e. The maximum atomic E-state index is 12.1. The van der Waals surface area contributed by atoms with Crippen LogP contribution < -0.4 is 5.32 Å². The summed E-state index contributed by atoms with van der Waals surface area (Å²) in [5.74, 6) is 1.26. The number of rotatable bonds is 3. The Kier molecular flexibility index (Phi) is 5.02. The van der Waals surface area contributed by atoms with Gasteiger partial charge in [-0.25, -0.2) is 0 Å². The summed E-state index contributed by atoms with van der Waals surface area (Å²) < 4.78 is 5.37. The average Bonchev–Trinajstić information content (AvgIpc) is 2.87. The molecule has 0 saturated carbocycles. The van der Waals surface area contributed by atoms with E-state index < -0.39 is 0 Å². The zero-order valence-corrected chi connectivity index (χ0v) is 11.0. The molecule has 4 nitrogen and oxygen atoms in total. The number of hydrogen-bond acceptors (Lipinski definition) is 3. The number of nitrogens with one attached hydrogen (secondary N) is 1. The van der Waals surface area contributed by atoms with Crippen molar-refractivity contribution in [3.8, 4) is 0 Å². The fourth-order valence-corrected chi connectivity index (χ4v) is 2.24. The molecule has 1 amide bonds. The van der Waals surface area contributed by atoms with Gasteiger partial charge in [0.1, 0.15) is 5.76 Å². The van der Waals surface area contributed by atoms with Gasteiger partial charge in [-0.3, -0.25) is 4.79 Å². The molecule has 1 aromatic heterocycles. The van der Waals surface area contributed by atoms with Gasteiger partial charge in [-0.15, -0.1) is 12.4 Å². The van der Waals surface area contributed by atoms with Gasteiger partial charge >= 0.3 is 0 Å². The lowest BCUT2D eigenvalue weighted by Gasteiger charge is -2.23. The normalized spacial score (nSPS) is 19.2. The van der Waals surface area contributed by atoms with Crippen LogP contribution in [0.2, 0.25) is 0 Å². The van der Waals surface area contributed by atoms with Crippen molar-refractivity contribution in [2.45, 2.75) is 25.8 Å². The van der Waals surface area contributed by atoms with Crippen LogP contribution in [0, 0.1) is 6.92 Å². The number of likely N-dealkylation sites (N-methyl/N-ethyl adjacent to an activating group) is 1. The van der Waals surface area contributed by atoms with Crippen molar-refractivity contribution in [3.05, 3.63) is 23.7 Å². The van der Waals surface area contributed by atoms with E-state index in [4.69, 9.17) is 4.42 Å². The molecule has 1 fully saturated rings. The van der Waals surface area contributed by atoms with E-state index in [-0.39, 0.29) is 18.3 Å². The Morgan fingerprint density at radius 1 is 1.59 bits per heavy atom. The van der Waals surface area contributed by atoms with Crippen LogP contribution in [0.3, 0.4) is 0 Å². The molecule has 1 aliphatic heterocycles. The molecule has 1 N–H and O–H groups in total. The van der Waals surface area contributed by atoms with Gasteiger partial charge in [-0.05, 0) is 38.9 Å². The molecule has 1 unspecified atom stereocenters. The topological polar surface area (TPSA) is 45.5 Å². The van der Waals surface area contributed by atoms with E-state index >= 15 is 0 Å². The van der Waals surface area contributed by atoms with Gasteiger partial charge in [0, 0.05) is 19.1 Å². The minimum absolute atomic E-state index is 0. The monoisotopic (exact) mass is 258 g/mol. The third-order valence-corrected chi connectivity index (χ3v) is 3.03. The fourth-order valence-electron chi connectivity index (χ4n) is 2.24. The summed E-state index contributed by atoms with van der Waals surface area (Å²) in [7, 11) is 1.91. The quantitative estimate of drug-likeness (QED) is 0.900. The molecule has 0 bridgehead atoms. The summed E-state index contributed by atoms with van der Waals surface area (Å²) in [6.07, 6.45) is 2.16. The number of nitrogens with zero attached hydrogens (tertiary/aromatic N) is 1. The molecular formula is C12H19ClN2O2. The lowest BCUT2D eigenvalue weighted by molar-refractivity contribution is 0.0703. The van der Waals surface area contributed by atoms with Gasteiger partial charge < -0.3 is 14.6 Å². The second kappa shape index (κ2) is 6.07. The second-order valence-corrected chi connectivity index (χ2v) is 4.26. The molecule has 0 spiro atoms. The molecule has 2 heterocycles. The molecule has 5 heteroatoms. The van der Waals surface area contributed by atoms with Crippen molar-refractivity contribution in [2.24, 2.45) is 0 Å². The second-order valence-electron chi connectivity index (χ2n) is 4.26. The van der Waals surface area contributed by atoms with Crippen molar-refractivity contribution >= 4 is 18.3 Å². The Morgan fingerprint density at radius 2 is 2.35 bits per heavy atom. The van der Waals surface area contributed by atoms with Gasteiger partial charge in [-0.2, -0.15) is 0 Å². The van der Waals surface area contributed by atoms with E-state index in [1.807, 2.05) is 24.9 Å². The highest BCUT2D eigenvalue weighted by atomic mass is 35.5. The van der Waals surface area contributed by atoms with Crippen LogP contribution in [0.4, 0.5) is 0 Å². The number of carbonyl (C=O) groups excluding carboxylic acids is 1. The van der Waals surface area contributed by atoms with Gasteiger partial charge in [-0.1, -0.05) is 0 Å². The summed E-state index contributed by atoms with van der Waals surface area (Å²) in [5.41, 5.74) is 0. The van der Waals surface area contributed by atoms with Gasteiger partial charge in [0.2, 0.25) is 0 Å². The number of likely N-dealkylation sites (tertiary alicyclic amines) is 1. The van der Waals surface area contributed by atoms with Crippen LogP contribution in [0.15, 0.2) is 16.5 Å². The number of furan rings is 1. The van der Waals surface area contributed by atoms with Crippen LogP contribution in [0.25, 0.3) is 0 Å². The molecule has 1 saturated heterocycles. The first-order chi connectivity index (χ1) is 7.72. The Labute approximate surface area is 108 Å². The van der Waals surface area contributed by atoms with Crippen LogP contribution in [0.5, 0.6) is 0 Å². The smallest absolute Gasteiger partial charge is 0.289 e. The lowest BCUT2D eigenvalue weighted by Crippen LogP contribution is -2.40. The number of amides is 1. The Morgan fingerprint density at radius 3 is 2.94 bits per heavy atom. The summed E-state index contributed by atoms with van der Waals surface area (Å²) in [6.45, 7) is 3.54. The zero-order valence-electron chi connectivity index (χ0n) is 10.2. The Bertz CT molecular complexity index is 378. The van der Waals surface area contributed by atoms with Gasteiger partial charge in [0.05, 0.1) is 0 Å². The van der Waals surface area contributed by atoms with E-state index in [1.165, 1.54) is 0 Å².